The zero-order valence-electron chi connectivity index (χ0n) is 19.0. The van der Waals surface area contributed by atoms with Crippen molar-refractivity contribution in [2.45, 2.75) is 64.2 Å². The highest BCUT2D eigenvalue weighted by Crippen LogP contribution is 2.07. The molecule has 0 saturated heterocycles. The first-order chi connectivity index (χ1) is 15.5. The number of nitrogens with one attached hydrogen (secondary N) is 3. The third kappa shape index (κ3) is 9.27. The Balaban J connectivity index is 2.80. The van der Waals surface area contributed by atoms with Gasteiger partial charge in [-0.05, 0) is 18.4 Å². The summed E-state index contributed by atoms with van der Waals surface area (Å²) in [5, 5.41) is 16.6. The molecular formula is C22H33N5O6. The van der Waals surface area contributed by atoms with E-state index in [9.17, 15) is 29.1 Å². The molecule has 0 spiro atoms. The molecule has 182 valence electrons. The Morgan fingerprint density at radius 3 is 2.00 bits per heavy atom. The molecule has 0 fully saturated rings. The van der Waals surface area contributed by atoms with Gasteiger partial charge in [-0.1, -0.05) is 50.6 Å². The lowest BCUT2D eigenvalue weighted by Gasteiger charge is -2.24. The number of amides is 4. The van der Waals surface area contributed by atoms with Gasteiger partial charge in [-0.3, -0.25) is 19.2 Å². The van der Waals surface area contributed by atoms with Gasteiger partial charge < -0.3 is 32.5 Å². The van der Waals surface area contributed by atoms with Gasteiger partial charge in [0.15, 0.2) is 0 Å². The van der Waals surface area contributed by atoms with Crippen molar-refractivity contribution < 1.29 is 29.1 Å². The number of carboxylic acids is 1. The molecule has 0 heterocycles. The standard InChI is InChI=1S/C22H33N5O6/c1-4-12(2)18(24)21(31)26-15(11-17(23)28)20(30)25-13(3)19(29)27-16(22(32)33)10-14-8-6-5-7-9-14/h5-9,12-13,15-16,18H,4,10-11,24H2,1-3H3,(H2,23,28)(H,25,30)(H,26,31)(H,27,29)(H,32,33). The quantitative estimate of drug-likeness (QED) is 0.217. The minimum Gasteiger partial charge on any atom is -0.480 e. The normalized spacial score (nSPS) is 15.3. The molecule has 0 radical (unpaired) electrons. The summed E-state index contributed by atoms with van der Waals surface area (Å²) in [6, 6.07) is 4.15. The van der Waals surface area contributed by atoms with Crippen LogP contribution >= 0.6 is 0 Å². The molecule has 11 nitrogen and oxygen atoms in total. The van der Waals surface area contributed by atoms with Crippen molar-refractivity contribution in [3.05, 3.63) is 35.9 Å². The second-order valence-electron chi connectivity index (χ2n) is 7.96. The van der Waals surface area contributed by atoms with Gasteiger partial charge in [0.05, 0.1) is 12.5 Å². The lowest BCUT2D eigenvalue weighted by Crippen LogP contribution is -2.57. The van der Waals surface area contributed by atoms with Crippen LogP contribution in [0.15, 0.2) is 30.3 Å². The van der Waals surface area contributed by atoms with Crippen LogP contribution in [-0.2, 0) is 30.4 Å². The number of hydrogen-bond donors (Lipinski definition) is 6. The average molecular weight is 464 g/mol. The highest BCUT2D eigenvalue weighted by Gasteiger charge is 2.30. The van der Waals surface area contributed by atoms with Gasteiger partial charge in [-0.15, -0.1) is 0 Å². The van der Waals surface area contributed by atoms with Crippen molar-refractivity contribution in [1.82, 2.24) is 16.0 Å². The van der Waals surface area contributed by atoms with Crippen LogP contribution in [-0.4, -0.2) is 58.9 Å². The fourth-order valence-electron chi connectivity index (χ4n) is 2.92. The first-order valence-electron chi connectivity index (χ1n) is 10.7. The van der Waals surface area contributed by atoms with E-state index in [0.29, 0.717) is 12.0 Å². The van der Waals surface area contributed by atoms with Crippen molar-refractivity contribution >= 4 is 29.6 Å². The molecule has 5 unspecified atom stereocenters. The Kier molecular flexibility index (Phi) is 11.0. The number of carboxylic acid groups (broad SMARTS) is 1. The summed E-state index contributed by atoms with van der Waals surface area (Å²) in [6.45, 7) is 4.98. The summed E-state index contributed by atoms with van der Waals surface area (Å²) < 4.78 is 0. The van der Waals surface area contributed by atoms with E-state index in [2.05, 4.69) is 16.0 Å². The fourth-order valence-corrected chi connectivity index (χ4v) is 2.92. The minimum atomic E-state index is -1.33. The smallest absolute Gasteiger partial charge is 0.326 e. The van der Waals surface area contributed by atoms with Crippen molar-refractivity contribution in [3.63, 3.8) is 0 Å². The van der Waals surface area contributed by atoms with Crippen LogP contribution in [0.1, 0.15) is 39.2 Å². The summed E-state index contributed by atoms with van der Waals surface area (Å²) in [4.78, 5) is 60.4. The predicted molar refractivity (Wildman–Crippen MR) is 120 cm³/mol. The molecule has 0 bridgehead atoms. The van der Waals surface area contributed by atoms with Gasteiger partial charge in [0.1, 0.15) is 18.1 Å². The van der Waals surface area contributed by atoms with Crippen LogP contribution < -0.4 is 27.4 Å². The maximum absolute atomic E-state index is 12.6. The molecule has 5 atom stereocenters. The number of carbonyl (C=O) groups is 5. The predicted octanol–water partition coefficient (Wildman–Crippen LogP) is -0.963. The molecule has 33 heavy (non-hydrogen) atoms. The molecule has 1 aromatic carbocycles. The molecule has 0 aliphatic heterocycles. The van der Waals surface area contributed by atoms with Gasteiger partial charge >= 0.3 is 5.97 Å². The minimum absolute atomic E-state index is 0.0520. The van der Waals surface area contributed by atoms with E-state index in [4.69, 9.17) is 11.5 Å². The van der Waals surface area contributed by atoms with Gasteiger partial charge in [-0.25, -0.2) is 4.79 Å². The highest BCUT2D eigenvalue weighted by molar-refractivity contribution is 5.96. The van der Waals surface area contributed by atoms with Gasteiger partial charge in [0, 0.05) is 6.42 Å². The van der Waals surface area contributed by atoms with E-state index >= 15 is 0 Å². The van der Waals surface area contributed by atoms with Crippen molar-refractivity contribution in [2.75, 3.05) is 0 Å². The lowest BCUT2D eigenvalue weighted by atomic mass is 9.99. The molecule has 0 saturated carbocycles. The fraction of sp³-hybridized carbons (Fsp3) is 0.500. The van der Waals surface area contributed by atoms with Crippen LogP contribution in [0.4, 0.5) is 0 Å². The molecule has 0 aliphatic carbocycles. The van der Waals surface area contributed by atoms with Crippen molar-refractivity contribution in [3.8, 4) is 0 Å². The Morgan fingerprint density at radius 2 is 1.48 bits per heavy atom. The number of benzene rings is 1. The van der Waals surface area contributed by atoms with E-state index in [0.717, 1.165) is 0 Å². The number of primary amides is 1. The van der Waals surface area contributed by atoms with Crippen LogP contribution in [0.5, 0.6) is 0 Å². The van der Waals surface area contributed by atoms with Gasteiger partial charge in [0.2, 0.25) is 23.6 Å². The van der Waals surface area contributed by atoms with E-state index in [1.165, 1.54) is 6.92 Å². The highest BCUT2D eigenvalue weighted by atomic mass is 16.4. The topological polar surface area (TPSA) is 194 Å². The molecule has 11 heteroatoms. The third-order valence-electron chi connectivity index (χ3n) is 5.25. The maximum Gasteiger partial charge on any atom is 0.326 e. The molecule has 4 amide bonds. The second kappa shape index (κ2) is 13.2. The summed E-state index contributed by atoms with van der Waals surface area (Å²) in [5.41, 5.74) is 11.8. The van der Waals surface area contributed by atoms with Crippen LogP contribution in [0.2, 0.25) is 0 Å². The monoisotopic (exact) mass is 463 g/mol. The lowest BCUT2D eigenvalue weighted by molar-refractivity contribution is -0.142. The first-order valence-corrected chi connectivity index (χ1v) is 10.7. The molecule has 0 aliphatic rings. The number of hydrogen-bond acceptors (Lipinski definition) is 6. The first kappa shape index (κ1) is 27.6. The Hall–Kier alpha value is -3.47. The van der Waals surface area contributed by atoms with E-state index in [-0.39, 0.29) is 12.3 Å². The summed E-state index contributed by atoms with van der Waals surface area (Å²) in [6.07, 6.45) is 0.188. The zero-order valence-corrected chi connectivity index (χ0v) is 19.0. The van der Waals surface area contributed by atoms with Crippen molar-refractivity contribution in [2.24, 2.45) is 17.4 Å². The number of carbonyl (C=O) groups excluding carboxylic acids is 4. The van der Waals surface area contributed by atoms with Gasteiger partial charge in [-0.2, -0.15) is 0 Å². The summed E-state index contributed by atoms with van der Waals surface area (Å²) in [5.74, 6) is -4.42. The number of rotatable bonds is 13. The summed E-state index contributed by atoms with van der Waals surface area (Å²) in [7, 11) is 0. The van der Waals surface area contributed by atoms with E-state index in [1.54, 1.807) is 37.3 Å². The molecular weight excluding hydrogens is 430 g/mol. The van der Waals surface area contributed by atoms with Gasteiger partial charge in [0.25, 0.3) is 0 Å². The summed E-state index contributed by atoms with van der Waals surface area (Å²) >= 11 is 0. The van der Waals surface area contributed by atoms with E-state index < -0.39 is 60.2 Å². The maximum atomic E-state index is 12.6. The van der Waals surface area contributed by atoms with Crippen LogP contribution in [0.3, 0.4) is 0 Å². The molecule has 0 aromatic heterocycles. The Bertz CT molecular complexity index is 847. The van der Waals surface area contributed by atoms with Crippen LogP contribution in [0.25, 0.3) is 0 Å². The largest absolute Gasteiger partial charge is 0.480 e. The molecule has 1 aromatic rings. The Morgan fingerprint density at radius 1 is 0.909 bits per heavy atom. The number of nitrogens with two attached hydrogens (primary N) is 2. The third-order valence-corrected chi connectivity index (χ3v) is 5.25. The van der Waals surface area contributed by atoms with Crippen molar-refractivity contribution in [1.29, 1.82) is 0 Å². The van der Waals surface area contributed by atoms with E-state index in [1.807, 2.05) is 6.92 Å². The molecule has 1 rings (SSSR count). The molecule has 8 N–H and O–H groups in total. The average Bonchev–Trinajstić information content (AvgIpc) is 2.77. The SMILES string of the molecule is CCC(C)C(N)C(=O)NC(CC(N)=O)C(=O)NC(C)C(=O)NC(Cc1ccccc1)C(=O)O. The second-order valence-corrected chi connectivity index (χ2v) is 7.96. The van der Waals surface area contributed by atoms with Crippen LogP contribution in [0, 0.1) is 5.92 Å². The number of aliphatic carboxylic acids is 1. The Labute approximate surface area is 192 Å². The zero-order chi connectivity index (χ0) is 25.1.